The molecule has 1 aromatic carbocycles. The van der Waals surface area contributed by atoms with Crippen molar-refractivity contribution in [3.05, 3.63) is 35.4 Å². The van der Waals surface area contributed by atoms with Crippen LogP contribution in [0.15, 0.2) is 24.3 Å². The molecule has 0 saturated carbocycles. The van der Waals surface area contributed by atoms with Crippen molar-refractivity contribution < 1.29 is 9.90 Å². The van der Waals surface area contributed by atoms with Crippen LogP contribution in [0.5, 0.6) is 0 Å². The van der Waals surface area contributed by atoms with Crippen molar-refractivity contribution in [1.29, 1.82) is 0 Å². The van der Waals surface area contributed by atoms with Gasteiger partial charge in [0.25, 0.3) is 0 Å². The highest BCUT2D eigenvalue weighted by atomic mass is 32.1. The van der Waals surface area contributed by atoms with E-state index in [1.54, 1.807) is 12.1 Å². The quantitative estimate of drug-likeness (QED) is 0.724. The van der Waals surface area contributed by atoms with Gasteiger partial charge in [0, 0.05) is 13.1 Å². The predicted molar refractivity (Wildman–Crippen MR) is 63.9 cm³/mol. The van der Waals surface area contributed by atoms with Gasteiger partial charge in [-0.15, -0.1) is 0 Å². The molecule has 16 heavy (non-hydrogen) atoms. The number of nitrogens with one attached hydrogen (secondary N) is 2. The average molecular weight is 237 g/mol. The van der Waals surface area contributed by atoms with Gasteiger partial charge < -0.3 is 20.5 Å². The average Bonchev–Trinajstić information content (AvgIpc) is 2.27. The van der Waals surface area contributed by atoms with Crippen LogP contribution in [0.3, 0.4) is 0 Å². The molecule has 0 atom stereocenters. The molecular weight excluding hydrogens is 224 g/mol. The molecule has 0 amide bonds. The Labute approximate surface area is 99.7 Å². The van der Waals surface area contributed by atoms with Crippen LogP contribution in [0.4, 0.5) is 0 Å². The molecule has 0 aliphatic heterocycles. The molecule has 0 aromatic heterocycles. The third-order valence-electron chi connectivity index (χ3n) is 1.98. The van der Waals surface area contributed by atoms with Crippen molar-refractivity contribution >= 4 is 23.3 Å². The fourth-order valence-corrected chi connectivity index (χ4v) is 1.38. The van der Waals surface area contributed by atoms with Crippen molar-refractivity contribution in [3.8, 4) is 0 Å². The number of thiocarbonyl (C=S) groups is 1. The first-order valence-corrected chi connectivity index (χ1v) is 5.36. The molecule has 0 aliphatic carbocycles. The van der Waals surface area contributed by atoms with E-state index in [1.165, 1.54) is 12.1 Å². The zero-order chi connectivity index (χ0) is 12.0. The lowest BCUT2D eigenvalue weighted by atomic mass is 10.1. The highest BCUT2D eigenvalue weighted by Gasteiger charge is 1.96. The van der Waals surface area contributed by atoms with Crippen molar-refractivity contribution in [3.63, 3.8) is 0 Å². The molecule has 0 bridgehead atoms. The van der Waals surface area contributed by atoms with Crippen molar-refractivity contribution in [2.24, 2.45) is 0 Å². The van der Waals surface area contributed by atoms with Crippen LogP contribution in [-0.4, -0.2) is 17.6 Å². The number of hydrogen-bond acceptors (Lipinski definition) is 3. The zero-order valence-corrected chi connectivity index (χ0v) is 9.76. The maximum Gasteiger partial charge on any atom is 0.166 e. The normalized spacial score (nSPS) is 9.56. The SMILES string of the molecule is CCNC(=S)NCc1ccc(C(=O)[O-])cc1. The van der Waals surface area contributed by atoms with Gasteiger partial charge in [0.15, 0.2) is 5.11 Å². The van der Waals surface area contributed by atoms with E-state index in [9.17, 15) is 9.90 Å². The minimum absolute atomic E-state index is 0.179. The van der Waals surface area contributed by atoms with Crippen LogP contribution < -0.4 is 15.7 Å². The molecular formula is C11H13N2O2S-. The summed E-state index contributed by atoms with van der Waals surface area (Å²) >= 11 is 4.99. The minimum Gasteiger partial charge on any atom is -0.545 e. The topological polar surface area (TPSA) is 64.2 Å². The van der Waals surface area contributed by atoms with Gasteiger partial charge in [-0.05, 0) is 30.3 Å². The smallest absolute Gasteiger partial charge is 0.166 e. The number of carbonyl (C=O) groups is 1. The summed E-state index contributed by atoms with van der Waals surface area (Å²) in [5.74, 6) is -1.16. The van der Waals surface area contributed by atoms with E-state index in [0.29, 0.717) is 11.7 Å². The first-order chi connectivity index (χ1) is 7.63. The van der Waals surface area contributed by atoms with Gasteiger partial charge >= 0.3 is 0 Å². The van der Waals surface area contributed by atoms with E-state index in [4.69, 9.17) is 12.2 Å². The van der Waals surface area contributed by atoms with Crippen molar-refractivity contribution in [2.75, 3.05) is 6.54 Å². The second kappa shape index (κ2) is 6.07. The molecule has 1 rings (SSSR count). The first kappa shape index (κ1) is 12.4. The summed E-state index contributed by atoms with van der Waals surface area (Å²) in [6.07, 6.45) is 0. The number of aromatic carboxylic acids is 1. The van der Waals surface area contributed by atoms with E-state index >= 15 is 0 Å². The summed E-state index contributed by atoms with van der Waals surface area (Å²) in [6, 6.07) is 6.49. The largest absolute Gasteiger partial charge is 0.545 e. The second-order valence-electron chi connectivity index (χ2n) is 3.20. The van der Waals surface area contributed by atoms with Crippen LogP contribution in [-0.2, 0) is 6.54 Å². The van der Waals surface area contributed by atoms with Gasteiger partial charge in [-0.1, -0.05) is 24.3 Å². The molecule has 0 unspecified atom stereocenters. The van der Waals surface area contributed by atoms with E-state index in [0.717, 1.165) is 12.1 Å². The molecule has 0 saturated heterocycles. The number of rotatable bonds is 4. The van der Waals surface area contributed by atoms with Crippen LogP contribution in [0.2, 0.25) is 0 Å². The van der Waals surface area contributed by atoms with Crippen LogP contribution in [0.25, 0.3) is 0 Å². The fourth-order valence-electron chi connectivity index (χ4n) is 1.16. The zero-order valence-electron chi connectivity index (χ0n) is 8.95. The Morgan fingerprint density at radius 3 is 2.44 bits per heavy atom. The number of hydrogen-bond donors (Lipinski definition) is 2. The molecule has 4 nitrogen and oxygen atoms in total. The van der Waals surface area contributed by atoms with Gasteiger partial charge in [0.1, 0.15) is 0 Å². The molecule has 0 aliphatic rings. The fraction of sp³-hybridized carbons (Fsp3) is 0.273. The van der Waals surface area contributed by atoms with Crippen LogP contribution >= 0.6 is 12.2 Å². The van der Waals surface area contributed by atoms with Crippen LogP contribution in [0.1, 0.15) is 22.8 Å². The third-order valence-corrected chi connectivity index (χ3v) is 2.27. The molecule has 0 radical (unpaired) electrons. The monoisotopic (exact) mass is 237 g/mol. The van der Waals surface area contributed by atoms with Crippen LogP contribution in [0, 0.1) is 0 Å². The lowest BCUT2D eigenvalue weighted by Crippen LogP contribution is -2.34. The van der Waals surface area contributed by atoms with Gasteiger partial charge in [0.2, 0.25) is 0 Å². The van der Waals surface area contributed by atoms with Crippen molar-refractivity contribution in [2.45, 2.75) is 13.5 Å². The Kier molecular flexibility index (Phi) is 4.72. The lowest BCUT2D eigenvalue weighted by Gasteiger charge is -2.09. The molecule has 0 fully saturated rings. The first-order valence-electron chi connectivity index (χ1n) is 4.95. The van der Waals surface area contributed by atoms with Gasteiger partial charge in [-0.25, -0.2) is 0 Å². The summed E-state index contributed by atoms with van der Waals surface area (Å²) in [4.78, 5) is 10.5. The van der Waals surface area contributed by atoms with Gasteiger partial charge in [-0.3, -0.25) is 0 Å². The summed E-state index contributed by atoms with van der Waals surface area (Å²) in [7, 11) is 0. The third kappa shape index (κ3) is 3.86. The minimum atomic E-state index is -1.16. The Bertz CT molecular complexity index is 376. The van der Waals surface area contributed by atoms with Crippen molar-refractivity contribution in [1.82, 2.24) is 10.6 Å². The van der Waals surface area contributed by atoms with E-state index in [2.05, 4.69) is 10.6 Å². The molecule has 0 spiro atoms. The molecule has 2 N–H and O–H groups in total. The Balaban J connectivity index is 2.49. The Morgan fingerprint density at radius 1 is 1.31 bits per heavy atom. The molecule has 86 valence electrons. The maximum absolute atomic E-state index is 10.5. The molecule has 1 aromatic rings. The molecule has 5 heteroatoms. The van der Waals surface area contributed by atoms with Gasteiger partial charge in [0.05, 0.1) is 5.97 Å². The Morgan fingerprint density at radius 2 is 1.94 bits per heavy atom. The highest BCUT2D eigenvalue weighted by molar-refractivity contribution is 7.80. The highest BCUT2D eigenvalue weighted by Crippen LogP contribution is 2.03. The van der Waals surface area contributed by atoms with E-state index < -0.39 is 5.97 Å². The summed E-state index contributed by atoms with van der Waals surface area (Å²) in [5.41, 5.74) is 1.14. The number of benzene rings is 1. The second-order valence-corrected chi connectivity index (χ2v) is 3.61. The molecule has 0 heterocycles. The van der Waals surface area contributed by atoms with E-state index in [1.807, 2.05) is 6.92 Å². The number of carbonyl (C=O) groups excluding carboxylic acids is 1. The summed E-state index contributed by atoms with van der Waals surface area (Å²) in [5, 5.41) is 17.1. The van der Waals surface area contributed by atoms with Gasteiger partial charge in [-0.2, -0.15) is 0 Å². The van der Waals surface area contributed by atoms with E-state index in [-0.39, 0.29) is 5.56 Å². The summed E-state index contributed by atoms with van der Waals surface area (Å²) < 4.78 is 0. The number of carboxylic acids is 1. The maximum atomic E-state index is 10.5. The number of carboxylic acid groups (broad SMARTS) is 1. The predicted octanol–water partition coefficient (Wildman–Crippen LogP) is 0.0341. The standard InChI is InChI=1S/C11H14N2O2S/c1-2-12-11(16)13-7-8-3-5-9(6-4-8)10(14)15/h3-6H,2,7H2,1H3,(H,14,15)(H2,12,13,16)/p-1. The summed E-state index contributed by atoms with van der Waals surface area (Å²) in [6.45, 7) is 3.30. The Hall–Kier alpha value is -1.62. The lowest BCUT2D eigenvalue weighted by molar-refractivity contribution is -0.255.